The van der Waals surface area contributed by atoms with Crippen molar-refractivity contribution in [1.82, 2.24) is 9.78 Å². The zero-order chi connectivity index (χ0) is 11.8. The number of nitrogens with zero attached hydrogens (tertiary/aromatic N) is 3. The molecule has 0 N–H and O–H groups in total. The van der Waals surface area contributed by atoms with Crippen molar-refractivity contribution in [2.45, 2.75) is 19.4 Å². The number of carboxylic acid groups (broad SMARTS) is 1. The molecule has 0 atom stereocenters. The number of rotatable bonds is 2. The molecule has 2 aromatic rings. The van der Waals surface area contributed by atoms with Crippen molar-refractivity contribution in [1.29, 1.82) is 0 Å². The Morgan fingerprint density at radius 2 is 2.12 bits per heavy atom. The van der Waals surface area contributed by atoms with Crippen LogP contribution in [0, 0.1) is 0 Å². The van der Waals surface area contributed by atoms with E-state index < -0.39 is 5.97 Å². The smallest absolute Gasteiger partial charge is 0.289 e. The molecule has 1 aliphatic heterocycles. The molecule has 2 heterocycles. The molecule has 1 aromatic carbocycles. The van der Waals surface area contributed by atoms with Crippen LogP contribution in [0.5, 0.6) is 0 Å². The van der Waals surface area contributed by atoms with Gasteiger partial charge in [-0.2, -0.15) is 0 Å². The van der Waals surface area contributed by atoms with E-state index in [2.05, 4.69) is 5.10 Å². The number of hydrogen-bond donors (Lipinski definition) is 0. The Kier molecular flexibility index (Phi) is 2.18. The summed E-state index contributed by atoms with van der Waals surface area (Å²) in [4.78, 5) is 11.2. The summed E-state index contributed by atoms with van der Waals surface area (Å²) in [6.07, 6.45) is 1.76. The van der Waals surface area contributed by atoms with Crippen LogP contribution in [0.1, 0.15) is 22.9 Å². The van der Waals surface area contributed by atoms with E-state index >= 15 is 0 Å². The number of para-hydroxylation sites is 1. The highest BCUT2D eigenvalue weighted by Gasteiger charge is 2.30. The van der Waals surface area contributed by atoms with Crippen LogP contribution in [-0.4, -0.2) is 15.7 Å². The van der Waals surface area contributed by atoms with E-state index in [1.54, 1.807) is 4.57 Å². The minimum atomic E-state index is -1.19. The van der Waals surface area contributed by atoms with E-state index in [0.29, 0.717) is 6.54 Å². The molecule has 0 aliphatic carbocycles. The lowest BCUT2D eigenvalue weighted by Crippen LogP contribution is -2.43. The van der Waals surface area contributed by atoms with E-state index in [-0.39, 0.29) is 5.82 Å². The molecule has 0 radical (unpaired) electrons. The number of hydrogen-bond acceptors (Lipinski definition) is 3. The largest absolute Gasteiger partial charge is 0.539 e. The topological polar surface area (TPSA) is 61.8 Å². The molecule has 5 nitrogen and oxygen atoms in total. The number of benzene rings is 1. The molecule has 0 amide bonds. The lowest BCUT2D eigenvalue weighted by atomic mass is 10.3. The average Bonchev–Trinajstić information content (AvgIpc) is 2.88. The number of aryl methyl sites for hydroxylation is 1. The van der Waals surface area contributed by atoms with Crippen LogP contribution in [-0.2, 0) is 13.0 Å². The summed E-state index contributed by atoms with van der Waals surface area (Å²) in [5, 5.41) is 15.6. The number of aromatic carboxylic acids is 1. The number of fused-ring (bicyclic) bond motifs is 1. The predicted octanol–water partition coefficient (Wildman–Crippen LogP) is -0.531. The standard InChI is InChI=1S/C12H11N3O2/c16-12(17)11-14-8-4-7-10(14)13-15(11)9-5-2-1-3-6-9/h1-3,5-6H,4,7-8H2. The van der Waals surface area contributed by atoms with Crippen molar-refractivity contribution in [3.05, 3.63) is 42.0 Å². The van der Waals surface area contributed by atoms with Gasteiger partial charge in [0.05, 0.1) is 6.54 Å². The fourth-order valence-corrected chi connectivity index (χ4v) is 2.21. The van der Waals surface area contributed by atoms with E-state index in [0.717, 1.165) is 24.4 Å². The summed E-state index contributed by atoms with van der Waals surface area (Å²) in [5.41, 5.74) is 0.744. The molecular weight excluding hydrogens is 218 g/mol. The van der Waals surface area contributed by atoms with E-state index in [4.69, 9.17) is 0 Å². The Hall–Kier alpha value is -2.17. The zero-order valence-electron chi connectivity index (χ0n) is 9.17. The summed E-state index contributed by atoms with van der Waals surface area (Å²) in [6, 6.07) is 9.24. The molecule has 1 aromatic heterocycles. The normalized spacial score (nSPS) is 13.6. The average molecular weight is 229 g/mol. The molecule has 17 heavy (non-hydrogen) atoms. The third-order valence-electron chi connectivity index (χ3n) is 2.95. The van der Waals surface area contributed by atoms with Crippen LogP contribution in [0.2, 0.25) is 0 Å². The Morgan fingerprint density at radius 3 is 2.82 bits per heavy atom. The molecule has 0 fully saturated rings. The lowest BCUT2D eigenvalue weighted by Gasteiger charge is -2.02. The number of aromatic nitrogens is 3. The summed E-state index contributed by atoms with van der Waals surface area (Å²) in [7, 11) is 0. The third kappa shape index (κ3) is 1.51. The van der Waals surface area contributed by atoms with Gasteiger partial charge in [-0.15, -0.1) is 0 Å². The van der Waals surface area contributed by atoms with Gasteiger partial charge in [-0.05, 0) is 18.6 Å². The number of carboxylic acids is 1. The van der Waals surface area contributed by atoms with Gasteiger partial charge in [-0.3, -0.25) is 0 Å². The second-order valence-corrected chi connectivity index (χ2v) is 4.03. The van der Waals surface area contributed by atoms with Gasteiger partial charge in [0.25, 0.3) is 11.6 Å². The molecule has 0 bridgehead atoms. The highest BCUT2D eigenvalue weighted by atomic mass is 16.4. The van der Waals surface area contributed by atoms with Gasteiger partial charge in [0.15, 0.2) is 0 Å². The maximum atomic E-state index is 11.2. The summed E-state index contributed by atoms with van der Waals surface area (Å²) >= 11 is 0. The fourth-order valence-electron chi connectivity index (χ4n) is 2.21. The maximum absolute atomic E-state index is 11.2. The van der Waals surface area contributed by atoms with Crippen LogP contribution < -0.4 is 9.67 Å². The van der Waals surface area contributed by atoms with E-state index in [1.165, 1.54) is 4.68 Å². The molecule has 0 unspecified atom stereocenters. The van der Waals surface area contributed by atoms with Gasteiger partial charge in [-0.25, -0.2) is 4.57 Å². The van der Waals surface area contributed by atoms with Crippen molar-refractivity contribution in [3.8, 4) is 5.69 Å². The van der Waals surface area contributed by atoms with Crippen LogP contribution >= 0.6 is 0 Å². The van der Waals surface area contributed by atoms with Crippen molar-refractivity contribution in [2.75, 3.05) is 0 Å². The number of carbonyl (C=O) groups is 1. The van der Waals surface area contributed by atoms with Gasteiger partial charge in [0.2, 0.25) is 0 Å². The Labute approximate surface area is 97.9 Å². The monoisotopic (exact) mass is 229 g/mol. The molecule has 86 valence electrons. The summed E-state index contributed by atoms with van der Waals surface area (Å²) < 4.78 is 3.17. The van der Waals surface area contributed by atoms with Crippen LogP contribution in [0.3, 0.4) is 0 Å². The van der Waals surface area contributed by atoms with E-state index in [9.17, 15) is 9.90 Å². The van der Waals surface area contributed by atoms with Crippen LogP contribution in [0.15, 0.2) is 30.3 Å². The maximum Gasteiger partial charge on any atom is 0.289 e. The van der Waals surface area contributed by atoms with Crippen molar-refractivity contribution < 1.29 is 14.5 Å². The first-order chi connectivity index (χ1) is 8.27. The second kappa shape index (κ2) is 3.69. The quantitative estimate of drug-likeness (QED) is 0.650. The van der Waals surface area contributed by atoms with Gasteiger partial charge < -0.3 is 9.90 Å². The molecule has 0 spiro atoms. The van der Waals surface area contributed by atoms with E-state index in [1.807, 2.05) is 30.3 Å². The molecule has 0 saturated carbocycles. The summed E-state index contributed by atoms with van der Waals surface area (Å²) in [5.74, 6) is -0.244. The second-order valence-electron chi connectivity index (χ2n) is 4.03. The minimum Gasteiger partial charge on any atom is -0.539 e. The first kappa shape index (κ1) is 10.0. The van der Waals surface area contributed by atoms with Gasteiger partial charge in [0, 0.05) is 11.5 Å². The minimum absolute atomic E-state index is 0.128. The van der Waals surface area contributed by atoms with Gasteiger partial charge in [0.1, 0.15) is 11.7 Å². The van der Waals surface area contributed by atoms with Gasteiger partial charge >= 0.3 is 0 Å². The Bertz CT molecular complexity index is 575. The Morgan fingerprint density at radius 1 is 1.35 bits per heavy atom. The number of carbonyl (C=O) groups excluding carboxylic acids is 1. The van der Waals surface area contributed by atoms with Crippen molar-refractivity contribution >= 4 is 5.97 Å². The van der Waals surface area contributed by atoms with Crippen LogP contribution in [0.25, 0.3) is 5.69 Å². The first-order valence-corrected chi connectivity index (χ1v) is 5.56. The highest BCUT2D eigenvalue weighted by molar-refractivity contribution is 5.80. The molecule has 1 aliphatic rings. The third-order valence-corrected chi connectivity index (χ3v) is 2.95. The fraction of sp³-hybridized carbons (Fsp3) is 0.250. The lowest BCUT2D eigenvalue weighted by molar-refractivity contribution is -0.695. The van der Waals surface area contributed by atoms with Crippen LogP contribution in [0.4, 0.5) is 0 Å². The zero-order valence-corrected chi connectivity index (χ0v) is 9.17. The van der Waals surface area contributed by atoms with Crippen molar-refractivity contribution in [3.63, 3.8) is 0 Å². The first-order valence-electron chi connectivity index (χ1n) is 5.56. The SMILES string of the molecule is O=C([O-])c1n(-c2ccccc2)nc2[n+]1CCC2. The summed E-state index contributed by atoms with van der Waals surface area (Å²) in [6.45, 7) is 0.700. The van der Waals surface area contributed by atoms with Crippen molar-refractivity contribution in [2.24, 2.45) is 0 Å². The molecular formula is C12H11N3O2. The highest BCUT2D eigenvalue weighted by Crippen LogP contribution is 2.12. The molecule has 0 saturated heterocycles. The molecule has 5 heteroatoms. The van der Waals surface area contributed by atoms with Gasteiger partial charge in [-0.1, -0.05) is 22.9 Å². The predicted molar refractivity (Wildman–Crippen MR) is 56.4 cm³/mol. The molecule has 3 rings (SSSR count). The Balaban J connectivity index is 2.21.